The lowest BCUT2D eigenvalue weighted by atomic mass is 10.0. The number of ether oxygens (including phenoxy) is 1. The first kappa shape index (κ1) is 18.0. The monoisotopic (exact) mass is 322 g/mol. The number of ketones is 1. The Morgan fingerprint density at radius 3 is 2.29 bits per heavy atom. The highest BCUT2D eigenvalue weighted by molar-refractivity contribution is 6.08. The lowest BCUT2D eigenvalue weighted by molar-refractivity contribution is 0.103. The topological polar surface area (TPSA) is 26.3 Å². The number of hydrogen-bond donors (Lipinski definition) is 0. The summed E-state index contributed by atoms with van der Waals surface area (Å²) in [6, 6.07) is 16.7. The maximum Gasteiger partial charge on any atom is 0.193 e. The van der Waals surface area contributed by atoms with E-state index in [0.717, 1.165) is 25.0 Å². The van der Waals surface area contributed by atoms with Crippen molar-refractivity contribution in [3.8, 4) is 5.75 Å². The summed E-state index contributed by atoms with van der Waals surface area (Å²) in [5, 5.41) is 0. The minimum Gasteiger partial charge on any atom is -0.491 e. The van der Waals surface area contributed by atoms with Gasteiger partial charge in [0, 0.05) is 11.1 Å². The number of carbonyl (C=O) groups is 1. The highest BCUT2D eigenvalue weighted by atomic mass is 16.5. The molecule has 2 aromatic carbocycles. The molecule has 0 saturated heterocycles. The first-order chi connectivity index (χ1) is 11.6. The van der Waals surface area contributed by atoms with Crippen molar-refractivity contribution in [1.29, 1.82) is 0 Å². The van der Waals surface area contributed by atoms with Crippen molar-refractivity contribution in [2.45, 2.75) is 46.1 Å². The summed E-state index contributed by atoms with van der Waals surface area (Å²) in [7, 11) is 0. The quantitative estimate of drug-likeness (QED) is 0.452. The maximum atomic E-state index is 12.4. The molecule has 1 atom stereocenters. The normalized spacial score (nSPS) is 12.7. The SMILES string of the molecule is CCC(C)=CCCC(C)Oc1ccc(C(=O)c2ccccc2)cc1. The van der Waals surface area contributed by atoms with Gasteiger partial charge in [0.2, 0.25) is 0 Å². The molecule has 0 bridgehead atoms. The van der Waals surface area contributed by atoms with Crippen LogP contribution in [0.5, 0.6) is 5.75 Å². The van der Waals surface area contributed by atoms with Crippen LogP contribution in [0, 0.1) is 0 Å². The van der Waals surface area contributed by atoms with Crippen molar-refractivity contribution in [1.82, 2.24) is 0 Å². The molecule has 2 nitrogen and oxygen atoms in total. The lowest BCUT2D eigenvalue weighted by Gasteiger charge is -2.14. The molecule has 0 aliphatic heterocycles. The number of rotatable bonds is 8. The van der Waals surface area contributed by atoms with Crippen LogP contribution >= 0.6 is 0 Å². The Morgan fingerprint density at radius 2 is 1.67 bits per heavy atom. The molecule has 0 aromatic heterocycles. The van der Waals surface area contributed by atoms with Gasteiger partial charge in [-0.1, -0.05) is 48.9 Å². The second-order valence-corrected chi connectivity index (χ2v) is 6.13. The zero-order valence-electron chi connectivity index (χ0n) is 14.8. The van der Waals surface area contributed by atoms with Gasteiger partial charge < -0.3 is 4.74 Å². The Labute approximate surface area is 145 Å². The van der Waals surface area contributed by atoms with Gasteiger partial charge in [-0.15, -0.1) is 0 Å². The second kappa shape index (κ2) is 9.07. The van der Waals surface area contributed by atoms with Crippen LogP contribution in [0.2, 0.25) is 0 Å². The average molecular weight is 322 g/mol. The molecule has 0 aliphatic carbocycles. The molecule has 0 fully saturated rings. The lowest BCUT2D eigenvalue weighted by Crippen LogP contribution is -2.11. The molecular formula is C22H26O2. The van der Waals surface area contributed by atoms with Crippen LogP contribution in [-0.2, 0) is 0 Å². The molecule has 126 valence electrons. The van der Waals surface area contributed by atoms with Crippen LogP contribution in [0.4, 0.5) is 0 Å². The fourth-order valence-corrected chi connectivity index (χ4v) is 2.44. The number of hydrogen-bond acceptors (Lipinski definition) is 2. The van der Waals surface area contributed by atoms with Crippen LogP contribution in [0.1, 0.15) is 56.0 Å². The minimum atomic E-state index is 0.0374. The van der Waals surface area contributed by atoms with E-state index in [1.807, 2.05) is 54.6 Å². The van der Waals surface area contributed by atoms with Crippen molar-refractivity contribution >= 4 is 5.78 Å². The molecule has 0 spiro atoms. The summed E-state index contributed by atoms with van der Waals surface area (Å²) in [6.07, 6.45) is 5.56. The van der Waals surface area contributed by atoms with E-state index in [2.05, 4.69) is 26.8 Å². The van der Waals surface area contributed by atoms with Gasteiger partial charge in [-0.2, -0.15) is 0 Å². The third-order valence-corrected chi connectivity index (χ3v) is 4.11. The summed E-state index contributed by atoms with van der Waals surface area (Å²) >= 11 is 0. The van der Waals surface area contributed by atoms with Gasteiger partial charge in [-0.05, 0) is 57.4 Å². The van der Waals surface area contributed by atoms with E-state index in [-0.39, 0.29) is 11.9 Å². The van der Waals surface area contributed by atoms with Crippen molar-refractivity contribution in [2.75, 3.05) is 0 Å². The van der Waals surface area contributed by atoms with E-state index < -0.39 is 0 Å². The van der Waals surface area contributed by atoms with E-state index in [4.69, 9.17) is 4.74 Å². The molecule has 2 rings (SSSR count). The Bertz CT molecular complexity index is 669. The third kappa shape index (κ3) is 5.38. The van der Waals surface area contributed by atoms with Gasteiger partial charge in [0.05, 0.1) is 6.10 Å². The molecule has 0 radical (unpaired) electrons. The van der Waals surface area contributed by atoms with Crippen LogP contribution in [0.3, 0.4) is 0 Å². The van der Waals surface area contributed by atoms with Crippen molar-refractivity contribution < 1.29 is 9.53 Å². The molecule has 0 aliphatic rings. The largest absolute Gasteiger partial charge is 0.491 e. The fraction of sp³-hybridized carbons (Fsp3) is 0.318. The van der Waals surface area contributed by atoms with Gasteiger partial charge in [0.15, 0.2) is 5.78 Å². The standard InChI is InChI=1S/C22H26O2/c1-4-17(2)9-8-10-18(3)24-21-15-13-20(14-16-21)22(23)19-11-6-5-7-12-19/h5-7,9,11-16,18H,4,8,10H2,1-3H3. The van der Waals surface area contributed by atoms with Gasteiger partial charge in [-0.25, -0.2) is 0 Å². The Kier molecular flexibility index (Phi) is 6.80. The van der Waals surface area contributed by atoms with Crippen molar-refractivity contribution in [2.24, 2.45) is 0 Å². The first-order valence-electron chi connectivity index (χ1n) is 8.62. The van der Waals surface area contributed by atoms with Crippen molar-refractivity contribution in [3.05, 3.63) is 77.4 Å². The van der Waals surface area contributed by atoms with Crippen molar-refractivity contribution in [3.63, 3.8) is 0 Å². The predicted molar refractivity (Wildman–Crippen MR) is 99.7 cm³/mol. The molecule has 0 heterocycles. The molecular weight excluding hydrogens is 296 g/mol. The molecule has 0 saturated carbocycles. The van der Waals surface area contributed by atoms with Crippen LogP contribution in [-0.4, -0.2) is 11.9 Å². The van der Waals surface area contributed by atoms with E-state index in [1.54, 1.807) is 0 Å². The highest BCUT2D eigenvalue weighted by Crippen LogP contribution is 2.18. The zero-order chi connectivity index (χ0) is 17.4. The predicted octanol–water partition coefficient (Wildman–Crippen LogP) is 5.82. The molecule has 0 N–H and O–H groups in total. The molecule has 2 aromatic rings. The van der Waals surface area contributed by atoms with Crippen LogP contribution in [0.25, 0.3) is 0 Å². The fourth-order valence-electron chi connectivity index (χ4n) is 2.44. The van der Waals surface area contributed by atoms with Crippen LogP contribution in [0.15, 0.2) is 66.2 Å². The summed E-state index contributed by atoms with van der Waals surface area (Å²) in [5.41, 5.74) is 2.81. The Morgan fingerprint density at radius 1 is 1.04 bits per heavy atom. The van der Waals surface area contributed by atoms with Crippen LogP contribution < -0.4 is 4.74 Å². The Balaban J connectivity index is 1.91. The van der Waals surface area contributed by atoms with E-state index >= 15 is 0 Å². The molecule has 1 unspecified atom stereocenters. The summed E-state index contributed by atoms with van der Waals surface area (Å²) in [4.78, 5) is 12.4. The first-order valence-corrected chi connectivity index (χ1v) is 8.62. The Hall–Kier alpha value is -2.35. The highest BCUT2D eigenvalue weighted by Gasteiger charge is 2.09. The van der Waals surface area contributed by atoms with Gasteiger partial charge in [0.25, 0.3) is 0 Å². The van der Waals surface area contributed by atoms with Gasteiger partial charge in [-0.3, -0.25) is 4.79 Å². The maximum absolute atomic E-state index is 12.4. The van der Waals surface area contributed by atoms with Gasteiger partial charge >= 0.3 is 0 Å². The van der Waals surface area contributed by atoms with E-state index in [0.29, 0.717) is 11.1 Å². The van der Waals surface area contributed by atoms with E-state index in [9.17, 15) is 4.79 Å². The number of benzene rings is 2. The zero-order valence-corrected chi connectivity index (χ0v) is 14.8. The van der Waals surface area contributed by atoms with E-state index in [1.165, 1.54) is 5.57 Å². The van der Waals surface area contributed by atoms with Gasteiger partial charge in [0.1, 0.15) is 5.75 Å². The average Bonchev–Trinajstić information content (AvgIpc) is 2.62. The second-order valence-electron chi connectivity index (χ2n) is 6.13. The summed E-state index contributed by atoms with van der Waals surface area (Å²) in [6.45, 7) is 6.41. The minimum absolute atomic E-state index is 0.0374. The summed E-state index contributed by atoms with van der Waals surface area (Å²) < 4.78 is 5.93. The summed E-state index contributed by atoms with van der Waals surface area (Å²) in [5.74, 6) is 0.846. The smallest absolute Gasteiger partial charge is 0.193 e. The molecule has 0 amide bonds. The number of allylic oxidation sites excluding steroid dienone is 2. The molecule has 24 heavy (non-hydrogen) atoms. The molecule has 2 heteroatoms. The third-order valence-electron chi connectivity index (χ3n) is 4.11. The number of carbonyl (C=O) groups excluding carboxylic acids is 1.